The van der Waals surface area contributed by atoms with Gasteiger partial charge in [0.2, 0.25) is 0 Å². The fraction of sp³-hybridized carbons (Fsp3) is 0.300. The van der Waals surface area contributed by atoms with E-state index in [9.17, 15) is 18.0 Å². The van der Waals surface area contributed by atoms with Crippen LogP contribution in [0.5, 0.6) is 0 Å². The Morgan fingerprint density at radius 3 is 2.32 bits per heavy atom. The minimum Gasteiger partial charge on any atom is -0.290 e. The zero-order valence-corrected chi connectivity index (χ0v) is 9.50. The minimum absolute atomic E-state index is 0.0409. The van der Waals surface area contributed by atoms with Crippen LogP contribution >= 0.6 is 0 Å². The number of carbonyl (C=O) groups excluding carboxylic acids is 1. The van der Waals surface area contributed by atoms with E-state index in [-0.39, 0.29) is 11.1 Å². The highest BCUT2D eigenvalue weighted by molar-refractivity contribution is 5.93. The van der Waals surface area contributed by atoms with Gasteiger partial charge in [0.15, 0.2) is 6.17 Å². The van der Waals surface area contributed by atoms with Crippen molar-refractivity contribution in [3.8, 4) is 0 Å². The van der Waals surface area contributed by atoms with Gasteiger partial charge in [-0.15, -0.1) is 0 Å². The Morgan fingerprint density at radius 2 is 1.89 bits per heavy atom. The first-order valence-corrected chi connectivity index (χ1v) is 5.08. The molecule has 1 rings (SSSR count). The normalized spacial score (nSPS) is 13.5. The second-order valence-electron chi connectivity index (χ2n) is 3.52. The molecule has 3 N–H and O–H groups in total. The van der Waals surface area contributed by atoms with E-state index >= 15 is 0 Å². The van der Waals surface area contributed by atoms with Gasteiger partial charge < -0.3 is 0 Å². The molecule has 19 heavy (non-hydrogen) atoms. The summed E-state index contributed by atoms with van der Waals surface area (Å²) in [7, 11) is 0. The van der Waals surface area contributed by atoms with Crippen molar-refractivity contribution < 1.29 is 18.0 Å². The molecular weight excluding hydrogens is 263 g/mol. The maximum absolute atomic E-state index is 13.3. The SMILES string of the molecule is [N-]=[N+]=NC(c1ccc(C(=O)NN)cc1)C(F)C(F)F. The van der Waals surface area contributed by atoms with Crippen molar-refractivity contribution in [3.05, 3.63) is 45.8 Å². The maximum Gasteiger partial charge on any atom is 0.270 e. The van der Waals surface area contributed by atoms with E-state index in [0.717, 1.165) is 0 Å². The Morgan fingerprint density at radius 1 is 1.32 bits per heavy atom. The lowest BCUT2D eigenvalue weighted by atomic mass is 10.0. The first kappa shape index (κ1) is 14.8. The third-order valence-electron chi connectivity index (χ3n) is 2.36. The third-order valence-corrected chi connectivity index (χ3v) is 2.36. The molecule has 0 saturated carbocycles. The minimum atomic E-state index is -3.28. The van der Waals surface area contributed by atoms with Crippen molar-refractivity contribution in [2.24, 2.45) is 11.0 Å². The number of alkyl halides is 3. The molecule has 6 nitrogen and oxygen atoms in total. The average molecular weight is 273 g/mol. The van der Waals surface area contributed by atoms with Crippen molar-refractivity contribution in [2.45, 2.75) is 18.6 Å². The average Bonchev–Trinajstić information content (AvgIpc) is 2.43. The predicted octanol–water partition coefficient (Wildman–Crippen LogP) is 2.24. The number of benzene rings is 1. The number of amides is 1. The van der Waals surface area contributed by atoms with E-state index in [1.165, 1.54) is 24.3 Å². The fourth-order valence-corrected chi connectivity index (χ4v) is 1.42. The van der Waals surface area contributed by atoms with E-state index in [1.807, 2.05) is 5.43 Å². The number of hydrazine groups is 1. The van der Waals surface area contributed by atoms with Gasteiger partial charge in [0.05, 0.1) is 6.04 Å². The van der Waals surface area contributed by atoms with Crippen LogP contribution in [0.2, 0.25) is 0 Å². The standard InChI is InChI=1S/C10H10F3N5O/c11-7(9(12)13)8(17-18-15)5-1-3-6(4-2-5)10(19)16-14/h1-4,7-9H,14H2,(H,16,19). The molecule has 0 bridgehead atoms. The van der Waals surface area contributed by atoms with Crippen LogP contribution in [0.1, 0.15) is 22.0 Å². The lowest BCUT2D eigenvalue weighted by Gasteiger charge is -2.16. The van der Waals surface area contributed by atoms with Crippen LogP contribution in [0, 0.1) is 0 Å². The number of hydrogen-bond donors (Lipinski definition) is 2. The molecular formula is C10H10F3N5O. The Hall–Kier alpha value is -2.25. The quantitative estimate of drug-likeness (QED) is 0.214. The first-order chi connectivity index (χ1) is 9.01. The summed E-state index contributed by atoms with van der Waals surface area (Å²) >= 11 is 0. The van der Waals surface area contributed by atoms with Crippen molar-refractivity contribution in [1.82, 2.24) is 5.43 Å². The van der Waals surface area contributed by atoms with E-state index in [1.54, 1.807) is 0 Å². The molecule has 0 radical (unpaired) electrons. The zero-order chi connectivity index (χ0) is 14.4. The molecule has 0 aliphatic rings. The van der Waals surface area contributed by atoms with E-state index in [4.69, 9.17) is 11.4 Å². The Kier molecular flexibility index (Phi) is 5.16. The van der Waals surface area contributed by atoms with Gasteiger partial charge in [0, 0.05) is 10.5 Å². The monoisotopic (exact) mass is 273 g/mol. The molecule has 0 aliphatic carbocycles. The largest absolute Gasteiger partial charge is 0.290 e. The van der Waals surface area contributed by atoms with Gasteiger partial charge in [0.1, 0.15) is 0 Å². The van der Waals surface area contributed by atoms with E-state index in [0.29, 0.717) is 0 Å². The van der Waals surface area contributed by atoms with E-state index < -0.39 is 24.5 Å². The second kappa shape index (κ2) is 6.62. The molecule has 0 saturated heterocycles. The molecule has 0 spiro atoms. The van der Waals surface area contributed by atoms with Crippen LogP contribution in [0.3, 0.4) is 0 Å². The number of nitrogen functional groups attached to an aromatic ring is 1. The van der Waals surface area contributed by atoms with Crippen molar-refractivity contribution in [1.29, 1.82) is 0 Å². The van der Waals surface area contributed by atoms with Crippen molar-refractivity contribution in [2.75, 3.05) is 0 Å². The van der Waals surface area contributed by atoms with Gasteiger partial charge >= 0.3 is 0 Å². The molecule has 1 amide bonds. The number of halogens is 3. The van der Waals surface area contributed by atoms with Gasteiger partial charge in [-0.1, -0.05) is 17.2 Å². The van der Waals surface area contributed by atoms with Crippen LogP contribution in [0.25, 0.3) is 10.4 Å². The van der Waals surface area contributed by atoms with Gasteiger partial charge in [-0.05, 0) is 23.2 Å². The van der Waals surface area contributed by atoms with Gasteiger partial charge in [-0.2, -0.15) is 0 Å². The number of rotatable bonds is 5. The van der Waals surface area contributed by atoms with Gasteiger partial charge in [-0.25, -0.2) is 19.0 Å². The summed E-state index contributed by atoms with van der Waals surface area (Å²) in [6, 6.07) is 3.31. The van der Waals surface area contributed by atoms with Crippen LogP contribution in [0.15, 0.2) is 29.4 Å². The Labute approximate surface area is 106 Å². The molecule has 2 unspecified atom stereocenters. The van der Waals surface area contributed by atoms with Crippen LogP contribution < -0.4 is 11.3 Å². The summed E-state index contributed by atoms with van der Waals surface area (Å²) in [5.41, 5.74) is 10.4. The molecule has 0 fully saturated rings. The van der Waals surface area contributed by atoms with E-state index in [2.05, 4.69) is 10.0 Å². The number of azide groups is 1. The lowest BCUT2D eigenvalue weighted by Crippen LogP contribution is -2.30. The number of nitrogens with one attached hydrogen (secondary N) is 1. The summed E-state index contributed by atoms with van der Waals surface area (Å²) in [6.07, 6.45) is -5.90. The second-order valence-corrected chi connectivity index (χ2v) is 3.52. The van der Waals surface area contributed by atoms with Gasteiger partial charge in [0.25, 0.3) is 12.3 Å². The Bertz CT molecular complexity index is 486. The highest BCUT2D eigenvalue weighted by atomic mass is 19.3. The lowest BCUT2D eigenvalue weighted by molar-refractivity contribution is 0.0355. The molecule has 0 aliphatic heterocycles. The zero-order valence-electron chi connectivity index (χ0n) is 9.50. The topological polar surface area (TPSA) is 104 Å². The summed E-state index contributed by atoms with van der Waals surface area (Å²) in [5.74, 6) is 4.33. The predicted molar refractivity (Wildman–Crippen MR) is 60.9 cm³/mol. The number of hydrogen-bond acceptors (Lipinski definition) is 3. The highest BCUT2D eigenvalue weighted by Crippen LogP contribution is 2.28. The van der Waals surface area contributed by atoms with Crippen LogP contribution in [-0.2, 0) is 0 Å². The Balaban J connectivity index is 3.04. The van der Waals surface area contributed by atoms with Crippen molar-refractivity contribution in [3.63, 3.8) is 0 Å². The summed E-state index contributed by atoms with van der Waals surface area (Å²) in [6.45, 7) is 0. The molecule has 0 heterocycles. The molecule has 0 aromatic heterocycles. The summed E-state index contributed by atoms with van der Waals surface area (Å²) in [4.78, 5) is 13.5. The molecule has 2 atom stereocenters. The smallest absolute Gasteiger partial charge is 0.270 e. The number of carbonyl (C=O) groups is 1. The third kappa shape index (κ3) is 3.60. The molecule has 1 aromatic carbocycles. The highest BCUT2D eigenvalue weighted by Gasteiger charge is 2.30. The van der Waals surface area contributed by atoms with Gasteiger partial charge in [-0.3, -0.25) is 10.2 Å². The first-order valence-electron chi connectivity index (χ1n) is 5.08. The van der Waals surface area contributed by atoms with Crippen LogP contribution in [-0.4, -0.2) is 18.5 Å². The fourth-order valence-electron chi connectivity index (χ4n) is 1.42. The number of nitrogens with zero attached hydrogens (tertiary/aromatic N) is 3. The maximum atomic E-state index is 13.3. The summed E-state index contributed by atoms with van der Waals surface area (Å²) in [5, 5.41) is 3.01. The van der Waals surface area contributed by atoms with Crippen molar-refractivity contribution >= 4 is 5.91 Å². The van der Waals surface area contributed by atoms with Crippen LogP contribution in [0.4, 0.5) is 13.2 Å². The molecule has 1 aromatic rings. The summed E-state index contributed by atoms with van der Waals surface area (Å²) < 4.78 is 37.9. The number of nitrogens with two attached hydrogens (primary N) is 1. The molecule has 9 heteroatoms. The molecule has 102 valence electrons.